The van der Waals surface area contributed by atoms with Crippen LogP contribution in [-0.4, -0.2) is 19.1 Å². The number of carbonyl (C=O) groups is 1. The van der Waals surface area contributed by atoms with Crippen molar-refractivity contribution >= 4 is 5.91 Å². The highest BCUT2D eigenvalue weighted by Crippen LogP contribution is 2.21. The van der Waals surface area contributed by atoms with Gasteiger partial charge in [-0.2, -0.15) is 0 Å². The fraction of sp³-hybridized carbons (Fsp3) is 0.136. The molecule has 0 aliphatic heterocycles. The monoisotopic (exact) mass is 331 g/mol. The zero-order valence-corrected chi connectivity index (χ0v) is 14.2. The number of carbonyl (C=O) groups excluding carboxylic acids is 1. The van der Waals surface area contributed by atoms with E-state index < -0.39 is 0 Å². The van der Waals surface area contributed by atoms with Crippen molar-refractivity contribution in [2.45, 2.75) is 6.92 Å². The van der Waals surface area contributed by atoms with Gasteiger partial charge >= 0.3 is 0 Å². The highest BCUT2D eigenvalue weighted by atomic mass is 16.5. The fourth-order valence-corrected chi connectivity index (χ4v) is 2.51. The average molecular weight is 331 g/mol. The van der Waals surface area contributed by atoms with Gasteiger partial charge in [0.05, 0.1) is 6.54 Å². The second-order valence-electron chi connectivity index (χ2n) is 5.86. The molecule has 0 saturated heterocycles. The molecule has 3 rings (SSSR count). The Balaban J connectivity index is 1.46. The van der Waals surface area contributed by atoms with Gasteiger partial charge in [-0.15, -0.1) is 0 Å². The summed E-state index contributed by atoms with van der Waals surface area (Å²) in [5.74, 6) is 0.715. The molecule has 1 amide bonds. The van der Waals surface area contributed by atoms with Crippen LogP contribution >= 0.6 is 0 Å². The van der Waals surface area contributed by atoms with E-state index >= 15 is 0 Å². The minimum atomic E-state index is -0.0805. The third kappa shape index (κ3) is 4.70. The molecule has 0 bridgehead atoms. The number of benzene rings is 3. The first-order valence-electron chi connectivity index (χ1n) is 8.35. The van der Waals surface area contributed by atoms with Crippen LogP contribution in [0.1, 0.15) is 15.9 Å². The number of rotatable bonds is 6. The highest BCUT2D eigenvalue weighted by molar-refractivity contribution is 5.94. The zero-order valence-electron chi connectivity index (χ0n) is 14.2. The standard InChI is InChI=1S/C22H21NO2/c1-17-7-9-20(10-8-17)22(24)23-15-16-25-21-13-11-19(12-14-21)18-5-3-2-4-6-18/h2-14H,15-16H2,1H3,(H,23,24). The van der Waals surface area contributed by atoms with E-state index in [1.165, 1.54) is 5.56 Å². The van der Waals surface area contributed by atoms with Crippen molar-refractivity contribution in [3.63, 3.8) is 0 Å². The highest BCUT2D eigenvalue weighted by Gasteiger charge is 2.04. The van der Waals surface area contributed by atoms with Crippen LogP contribution in [0.3, 0.4) is 0 Å². The van der Waals surface area contributed by atoms with E-state index in [-0.39, 0.29) is 5.91 Å². The molecule has 0 aliphatic carbocycles. The molecule has 126 valence electrons. The maximum Gasteiger partial charge on any atom is 0.251 e. The van der Waals surface area contributed by atoms with Crippen molar-refractivity contribution in [2.24, 2.45) is 0 Å². The number of amides is 1. The summed E-state index contributed by atoms with van der Waals surface area (Å²) in [6, 6.07) is 25.7. The SMILES string of the molecule is Cc1ccc(C(=O)NCCOc2ccc(-c3ccccc3)cc2)cc1. The van der Waals surface area contributed by atoms with Crippen LogP contribution in [0, 0.1) is 6.92 Å². The van der Waals surface area contributed by atoms with Crippen molar-refractivity contribution < 1.29 is 9.53 Å². The molecular formula is C22H21NO2. The topological polar surface area (TPSA) is 38.3 Å². The van der Waals surface area contributed by atoms with Gasteiger partial charge in [-0.05, 0) is 42.3 Å². The number of hydrogen-bond acceptors (Lipinski definition) is 2. The van der Waals surface area contributed by atoms with Gasteiger partial charge in [-0.25, -0.2) is 0 Å². The van der Waals surface area contributed by atoms with E-state index in [0.717, 1.165) is 16.9 Å². The summed E-state index contributed by atoms with van der Waals surface area (Å²) in [5.41, 5.74) is 4.14. The van der Waals surface area contributed by atoms with Gasteiger partial charge < -0.3 is 10.1 Å². The van der Waals surface area contributed by atoms with Gasteiger partial charge in [0.15, 0.2) is 0 Å². The minimum absolute atomic E-state index is 0.0805. The van der Waals surface area contributed by atoms with Crippen molar-refractivity contribution in [1.29, 1.82) is 0 Å². The Hall–Kier alpha value is -3.07. The van der Waals surface area contributed by atoms with Gasteiger partial charge in [0, 0.05) is 5.56 Å². The van der Waals surface area contributed by atoms with Crippen LogP contribution in [-0.2, 0) is 0 Å². The van der Waals surface area contributed by atoms with Crippen LogP contribution in [0.25, 0.3) is 11.1 Å². The van der Waals surface area contributed by atoms with Crippen LogP contribution in [0.5, 0.6) is 5.75 Å². The molecule has 0 unspecified atom stereocenters. The van der Waals surface area contributed by atoms with Crippen molar-refractivity contribution in [3.8, 4) is 16.9 Å². The molecule has 0 heterocycles. The molecule has 3 aromatic carbocycles. The van der Waals surface area contributed by atoms with E-state index in [0.29, 0.717) is 18.7 Å². The van der Waals surface area contributed by atoms with E-state index in [2.05, 4.69) is 17.4 Å². The second kappa shape index (κ2) is 8.15. The van der Waals surface area contributed by atoms with Crippen LogP contribution in [0.15, 0.2) is 78.9 Å². The molecule has 0 radical (unpaired) electrons. The Kier molecular flexibility index (Phi) is 5.47. The predicted molar refractivity (Wildman–Crippen MR) is 101 cm³/mol. The molecule has 0 aromatic heterocycles. The third-order valence-corrected chi connectivity index (χ3v) is 3.93. The van der Waals surface area contributed by atoms with E-state index in [9.17, 15) is 4.79 Å². The first-order chi connectivity index (χ1) is 12.2. The van der Waals surface area contributed by atoms with Crippen molar-refractivity contribution in [1.82, 2.24) is 5.32 Å². The number of ether oxygens (including phenoxy) is 1. The van der Waals surface area contributed by atoms with E-state index in [1.54, 1.807) is 0 Å². The maximum absolute atomic E-state index is 12.0. The third-order valence-electron chi connectivity index (χ3n) is 3.93. The molecule has 0 atom stereocenters. The van der Waals surface area contributed by atoms with Crippen LogP contribution in [0.4, 0.5) is 0 Å². The Bertz CT molecular complexity index is 809. The summed E-state index contributed by atoms with van der Waals surface area (Å²) in [6.07, 6.45) is 0. The fourth-order valence-electron chi connectivity index (χ4n) is 2.51. The number of hydrogen-bond donors (Lipinski definition) is 1. The average Bonchev–Trinajstić information content (AvgIpc) is 2.67. The molecule has 0 spiro atoms. The number of nitrogens with one attached hydrogen (secondary N) is 1. The van der Waals surface area contributed by atoms with Crippen molar-refractivity contribution in [3.05, 3.63) is 90.0 Å². The van der Waals surface area contributed by atoms with Crippen LogP contribution < -0.4 is 10.1 Å². The summed E-state index contributed by atoms with van der Waals surface area (Å²) >= 11 is 0. The number of aryl methyl sites for hydroxylation is 1. The summed E-state index contributed by atoms with van der Waals surface area (Å²) in [7, 11) is 0. The predicted octanol–water partition coefficient (Wildman–Crippen LogP) is 4.47. The largest absolute Gasteiger partial charge is 0.492 e. The lowest BCUT2D eigenvalue weighted by Gasteiger charge is -2.09. The summed E-state index contributed by atoms with van der Waals surface area (Å²) in [4.78, 5) is 12.0. The van der Waals surface area contributed by atoms with Crippen LogP contribution in [0.2, 0.25) is 0 Å². The molecule has 25 heavy (non-hydrogen) atoms. The molecule has 0 aliphatic rings. The lowest BCUT2D eigenvalue weighted by Crippen LogP contribution is -2.28. The molecule has 3 heteroatoms. The van der Waals surface area contributed by atoms with Gasteiger partial charge in [-0.3, -0.25) is 4.79 Å². The summed E-state index contributed by atoms with van der Waals surface area (Å²) < 4.78 is 5.69. The lowest BCUT2D eigenvalue weighted by atomic mass is 10.1. The molecule has 0 fully saturated rings. The lowest BCUT2D eigenvalue weighted by molar-refractivity contribution is 0.0947. The minimum Gasteiger partial charge on any atom is -0.492 e. The Morgan fingerprint density at radius 1 is 0.840 bits per heavy atom. The second-order valence-corrected chi connectivity index (χ2v) is 5.86. The van der Waals surface area contributed by atoms with Gasteiger partial charge in [0.2, 0.25) is 0 Å². The van der Waals surface area contributed by atoms with Gasteiger partial charge in [-0.1, -0.05) is 60.2 Å². The molecule has 3 nitrogen and oxygen atoms in total. The smallest absolute Gasteiger partial charge is 0.251 e. The van der Waals surface area contributed by atoms with E-state index in [4.69, 9.17) is 4.74 Å². The quantitative estimate of drug-likeness (QED) is 0.677. The first-order valence-corrected chi connectivity index (χ1v) is 8.35. The summed E-state index contributed by atoms with van der Waals surface area (Å²) in [5, 5.41) is 2.86. The zero-order chi connectivity index (χ0) is 17.5. The molecule has 1 N–H and O–H groups in total. The summed E-state index contributed by atoms with van der Waals surface area (Å²) in [6.45, 7) is 2.90. The molecule has 3 aromatic rings. The Labute approximate surface area is 148 Å². The van der Waals surface area contributed by atoms with E-state index in [1.807, 2.05) is 73.7 Å². The molecule has 0 saturated carbocycles. The van der Waals surface area contributed by atoms with Gasteiger partial charge in [0.25, 0.3) is 5.91 Å². The Morgan fingerprint density at radius 3 is 2.16 bits per heavy atom. The Morgan fingerprint density at radius 2 is 1.48 bits per heavy atom. The normalized spacial score (nSPS) is 10.3. The molecular weight excluding hydrogens is 310 g/mol. The van der Waals surface area contributed by atoms with Crippen molar-refractivity contribution in [2.75, 3.05) is 13.2 Å². The maximum atomic E-state index is 12.0. The first kappa shape index (κ1) is 16.8. The van der Waals surface area contributed by atoms with Gasteiger partial charge in [0.1, 0.15) is 12.4 Å².